The Labute approximate surface area is 90.3 Å². The number of halogens is 2. The fraction of sp³-hybridized carbons (Fsp3) is 0.286. The molecule has 0 spiro atoms. The molecule has 0 aromatic carbocycles. The van der Waals surface area contributed by atoms with Crippen LogP contribution in [0.1, 0.15) is 12.1 Å². The number of sulfonamides is 1. The third-order valence-electron chi connectivity index (χ3n) is 1.70. The Bertz CT molecular complexity index is 504. The number of nitrogen functional groups attached to an aromatic ring is 1. The number of anilines is 1. The van der Waals surface area contributed by atoms with Crippen LogP contribution in [-0.4, -0.2) is 20.5 Å². The summed E-state index contributed by atoms with van der Waals surface area (Å²) >= 11 is 0. The largest absolute Gasteiger partial charge is 0.495 e. The molecule has 90 valence electrons. The highest BCUT2D eigenvalue weighted by Gasteiger charge is 2.27. The highest BCUT2D eigenvalue weighted by atomic mass is 32.2. The number of aromatic nitrogens is 1. The third kappa shape index (κ3) is 2.36. The predicted octanol–water partition coefficient (Wildman–Crippen LogP) is 0.257. The molecule has 9 heteroatoms. The molecule has 0 fully saturated rings. The first kappa shape index (κ1) is 12.6. The van der Waals surface area contributed by atoms with E-state index in [9.17, 15) is 17.2 Å². The van der Waals surface area contributed by atoms with E-state index in [1.165, 1.54) is 0 Å². The second-order valence-electron chi connectivity index (χ2n) is 2.81. The Morgan fingerprint density at radius 1 is 1.50 bits per heavy atom. The van der Waals surface area contributed by atoms with Gasteiger partial charge in [-0.05, 0) is 0 Å². The van der Waals surface area contributed by atoms with Gasteiger partial charge in [0.2, 0.25) is 10.0 Å². The lowest BCUT2D eigenvalue weighted by molar-refractivity contribution is 0.141. The maximum Gasteiger partial charge on any atom is 0.281 e. The molecule has 6 nitrogen and oxygen atoms in total. The number of alkyl halides is 2. The van der Waals surface area contributed by atoms with Crippen molar-refractivity contribution < 1.29 is 21.9 Å². The normalized spacial score (nSPS) is 11.8. The molecule has 1 aromatic rings. The number of nitrogens with zero attached hydrogens (tertiary/aromatic N) is 1. The zero-order valence-electron chi connectivity index (χ0n) is 8.15. The van der Waals surface area contributed by atoms with E-state index in [2.05, 4.69) is 9.72 Å². The number of nitrogens with two attached hydrogens (primary N) is 2. The molecule has 0 bridgehead atoms. The number of pyridine rings is 1. The molecule has 0 saturated heterocycles. The van der Waals surface area contributed by atoms with Gasteiger partial charge in [0.1, 0.15) is 17.3 Å². The van der Waals surface area contributed by atoms with Crippen LogP contribution in [0, 0.1) is 0 Å². The van der Waals surface area contributed by atoms with Crippen LogP contribution >= 0.6 is 0 Å². The van der Waals surface area contributed by atoms with E-state index in [1.807, 2.05) is 0 Å². The predicted molar refractivity (Wildman–Crippen MR) is 51.5 cm³/mol. The molecular formula is C7H9F2N3O3S. The molecule has 1 rings (SSSR count). The zero-order chi connectivity index (χ0) is 12.5. The molecule has 0 saturated carbocycles. The van der Waals surface area contributed by atoms with Gasteiger partial charge in [0, 0.05) is 6.07 Å². The fourth-order valence-corrected chi connectivity index (χ4v) is 1.98. The number of methoxy groups -OCH3 is 1. The average Bonchev–Trinajstić information content (AvgIpc) is 2.14. The number of ether oxygens (including phenoxy) is 1. The van der Waals surface area contributed by atoms with Crippen LogP contribution < -0.4 is 15.6 Å². The van der Waals surface area contributed by atoms with Gasteiger partial charge in [-0.3, -0.25) is 0 Å². The van der Waals surface area contributed by atoms with Gasteiger partial charge >= 0.3 is 0 Å². The third-order valence-corrected chi connectivity index (χ3v) is 2.68. The Morgan fingerprint density at radius 2 is 2.06 bits per heavy atom. The Morgan fingerprint density at radius 3 is 2.44 bits per heavy atom. The highest BCUT2D eigenvalue weighted by molar-refractivity contribution is 7.89. The van der Waals surface area contributed by atoms with Crippen LogP contribution in [0.2, 0.25) is 0 Å². The molecule has 0 aliphatic heterocycles. The van der Waals surface area contributed by atoms with Gasteiger partial charge in [-0.1, -0.05) is 0 Å². The standard InChI is InChI=1S/C7H9F2N3O3S/c1-15-3-2-4(10)12-5(7(8)9)6(3)16(11,13)14/h2,7H,1H3,(H2,10,12)(H2,11,13,14). The maximum absolute atomic E-state index is 12.6. The van der Waals surface area contributed by atoms with Crippen molar-refractivity contribution in [3.63, 3.8) is 0 Å². The van der Waals surface area contributed by atoms with Crippen molar-refractivity contribution in [3.05, 3.63) is 11.8 Å². The molecular weight excluding hydrogens is 244 g/mol. The highest BCUT2D eigenvalue weighted by Crippen LogP contribution is 2.32. The second kappa shape index (κ2) is 4.18. The van der Waals surface area contributed by atoms with Crippen molar-refractivity contribution in [1.29, 1.82) is 0 Å². The molecule has 0 atom stereocenters. The monoisotopic (exact) mass is 253 g/mol. The lowest BCUT2D eigenvalue weighted by Gasteiger charge is -2.11. The lowest BCUT2D eigenvalue weighted by atomic mass is 10.3. The van der Waals surface area contributed by atoms with Crippen molar-refractivity contribution in [3.8, 4) is 5.75 Å². The number of hydrogen-bond donors (Lipinski definition) is 2. The van der Waals surface area contributed by atoms with Gasteiger partial charge in [0.15, 0.2) is 4.90 Å². The van der Waals surface area contributed by atoms with Gasteiger partial charge in [-0.2, -0.15) is 0 Å². The molecule has 0 amide bonds. The number of primary sulfonamides is 1. The van der Waals surface area contributed by atoms with Crippen molar-refractivity contribution >= 4 is 15.8 Å². The minimum absolute atomic E-state index is 0.278. The Kier molecular flexibility index (Phi) is 3.29. The van der Waals surface area contributed by atoms with Crippen molar-refractivity contribution in [1.82, 2.24) is 4.98 Å². The van der Waals surface area contributed by atoms with E-state index in [4.69, 9.17) is 10.9 Å². The van der Waals surface area contributed by atoms with Crippen molar-refractivity contribution in [2.24, 2.45) is 5.14 Å². The smallest absolute Gasteiger partial charge is 0.281 e. The van der Waals surface area contributed by atoms with Crippen LogP contribution in [-0.2, 0) is 10.0 Å². The summed E-state index contributed by atoms with van der Waals surface area (Å²) in [6, 6.07) is 1.01. The lowest BCUT2D eigenvalue weighted by Crippen LogP contribution is -2.17. The van der Waals surface area contributed by atoms with Gasteiger partial charge in [-0.15, -0.1) is 0 Å². The number of rotatable bonds is 3. The van der Waals surface area contributed by atoms with Crippen LogP contribution in [0.4, 0.5) is 14.6 Å². The summed E-state index contributed by atoms with van der Waals surface area (Å²) in [7, 11) is -3.25. The van der Waals surface area contributed by atoms with Gasteiger partial charge in [-0.25, -0.2) is 27.3 Å². The van der Waals surface area contributed by atoms with E-state index in [0.717, 1.165) is 13.2 Å². The molecule has 1 aromatic heterocycles. The maximum atomic E-state index is 12.6. The Balaban J connectivity index is 3.65. The summed E-state index contributed by atoms with van der Waals surface area (Å²) in [5.41, 5.74) is 4.21. The SMILES string of the molecule is COc1cc(N)nc(C(F)F)c1S(N)(=O)=O. The van der Waals surface area contributed by atoms with E-state index >= 15 is 0 Å². The molecule has 0 aliphatic carbocycles. The van der Waals surface area contributed by atoms with E-state index in [-0.39, 0.29) is 11.6 Å². The molecule has 4 N–H and O–H groups in total. The second-order valence-corrected chi connectivity index (χ2v) is 4.31. The average molecular weight is 253 g/mol. The van der Waals surface area contributed by atoms with Crippen LogP contribution in [0.15, 0.2) is 11.0 Å². The van der Waals surface area contributed by atoms with Crippen LogP contribution in [0.25, 0.3) is 0 Å². The van der Waals surface area contributed by atoms with Crippen LogP contribution in [0.5, 0.6) is 5.75 Å². The first-order valence-electron chi connectivity index (χ1n) is 3.92. The summed E-state index contributed by atoms with van der Waals surface area (Å²) in [6.45, 7) is 0. The van der Waals surface area contributed by atoms with E-state index < -0.39 is 27.0 Å². The molecule has 0 aliphatic rings. The molecule has 0 radical (unpaired) electrons. The minimum Gasteiger partial charge on any atom is -0.495 e. The zero-order valence-corrected chi connectivity index (χ0v) is 8.96. The number of hydrogen-bond acceptors (Lipinski definition) is 5. The van der Waals surface area contributed by atoms with Crippen molar-refractivity contribution in [2.75, 3.05) is 12.8 Å². The topological polar surface area (TPSA) is 108 Å². The van der Waals surface area contributed by atoms with E-state index in [0.29, 0.717) is 0 Å². The summed E-state index contributed by atoms with van der Waals surface area (Å²) in [6.07, 6.45) is -3.12. The minimum atomic E-state index is -4.36. The summed E-state index contributed by atoms with van der Waals surface area (Å²) < 4.78 is 52.0. The Hall–Kier alpha value is -1.48. The summed E-state index contributed by atoms with van der Waals surface area (Å²) in [5.74, 6) is -0.634. The molecule has 16 heavy (non-hydrogen) atoms. The van der Waals surface area contributed by atoms with E-state index in [1.54, 1.807) is 0 Å². The molecule has 1 heterocycles. The fourth-order valence-electron chi connectivity index (χ4n) is 1.13. The summed E-state index contributed by atoms with van der Waals surface area (Å²) in [5, 5.41) is 4.80. The first-order valence-corrected chi connectivity index (χ1v) is 5.47. The van der Waals surface area contributed by atoms with Crippen LogP contribution in [0.3, 0.4) is 0 Å². The van der Waals surface area contributed by atoms with Gasteiger partial charge in [0.05, 0.1) is 7.11 Å². The first-order chi connectivity index (χ1) is 7.27. The van der Waals surface area contributed by atoms with Gasteiger partial charge < -0.3 is 10.5 Å². The summed E-state index contributed by atoms with van der Waals surface area (Å²) in [4.78, 5) is 2.39. The van der Waals surface area contributed by atoms with Gasteiger partial charge in [0.25, 0.3) is 6.43 Å². The van der Waals surface area contributed by atoms with Crippen molar-refractivity contribution in [2.45, 2.75) is 11.3 Å². The molecule has 0 unspecified atom stereocenters. The quantitative estimate of drug-likeness (QED) is 0.803.